The number of Topliss-reactive ketones (excluding diaryl/α,β-unsaturated/α-hetero) is 1. The molecular weight excluding hydrogens is 339 g/mol. The number of rotatable bonds is 6. The number of carbonyl (C=O) groups is 2. The number of benzene rings is 1. The van der Waals surface area contributed by atoms with Crippen molar-refractivity contribution in [2.24, 2.45) is 5.92 Å². The van der Waals surface area contributed by atoms with Crippen molar-refractivity contribution in [3.63, 3.8) is 0 Å². The Labute approximate surface area is 128 Å². The summed E-state index contributed by atoms with van der Waals surface area (Å²) in [7, 11) is 3.09. The van der Waals surface area contributed by atoms with Crippen LogP contribution in [0.4, 0.5) is 0 Å². The van der Waals surface area contributed by atoms with Gasteiger partial charge in [0.15, 0.2) is 0 Å². The van der Waals surface area contributed by atoms with Crippen LogP contribution in [0.1, 0.15) is 22.6 Å². The minimum atomic E-state index is -0.969. The van der Waals surface area contributed by atoms with Gasteiger partial charge in [-0.15, -0.1) is 0 Å². The van der Waals surface area contributed by atoms with Crippen LogP contribution < -0.4 is 9.47 Å². The van der Waals surface area contributed by atoms with Crippen molar-refractivity contribution in [3.05, 3.63) is 22.6 Å². The third kappa shape index (κ3) is 2.96. The van der Waals surface area contributed by atoms with Gasteiger partial charge in [-0.1, -0.05) is 0 Å². The Kier molecular flexibility index (Phi) is 4.70. The van der Waals surface area contributed by atoms with Gasteiger partial charge < -0.3 is 0 Å². The van der Waals surface area contributed by atoms with Crippen LogP contribution in [0.5, 0.6) is 11.5 Å². The van der Waals surface area contributed by atoms with E-state index < -0.39 is 11.9 Å². The van der Waals surface area contributed by atoms with Crippen molar-refractivity contribution in [1.29, 1.82) is 0 Å². The van der Waals surface area contributed by atoms with Crippen LogP contribution in [0.15, 0.2) is 18.2 Å². The van der Waals surface area contributed by atoms with Crippen molar-refractivity contribution >= 4 is 35.9 Å². The topological polar surface area (TPSA) is 72.8 Å². The van der Waals surface area contributed by atoms with Gasteiger partial charge >= 0.3 is 128 Å². The van der Waals surface area contributed by atoms with Gasteiger partial charge in [0.05, 0.1) is 0 Å². The van der Waals surface area contributed by atoms with Crippen LogP contribution in [0.2, 0.25) is 0 Å². The van der Waals surface area contributed by atoms with E-state index in [1.807, 2.05) is 18.2 Å². The third-order valence-corrected chi connectivity index (χ3v) is 5.69. The number of methoxy groups -OCH3 is 2. The quantitative estimate of drug-likeness (QED) is 0.635. The van der Waals surface area contributed by atoms with Crippen molar-refractivity contribution in [2.75, 3.05) is 14.2 Å². The van der Waals surface area contributed by atoms with E-state index in [0.29, 0.717) is 15.9 Å². The maximum absolute atomic E-state index is 12.4. The van der Waals surface area contributed by atoms with Crippen molar-refractivity contribution in [3.8, 4) is 11.5 Å². The van der Waals surface area contributed by atoms with Crippen LogP contribution in [0.3, 0.4) is 0 Å². The van der Waals surface area contributed by atoms with Gasteiger partial charge in [-0.05, 0) is 0 Å². The number of ketones is 1. The van der Waals surface area contributed by atoms with Gasteiger partial charge in [0.2, 0.25) is 0 Å². The molecule has 2 rings (SSSR count). The van der Waals surface area contributed by atoms with E-state index in [0.717, 1.165) is 9.65 Å². The average Bonchev–Trinajstić information content (AvgIpc) is 2.85. The standard InChI is InChI=1S/C15H16O5Se/c1-8(15(17)18)7-9(16)14-13(20-3)12-10(19-2)5-4-6-11(12)21-14/h4-6,8H,7H2,1-3H3,(H,17,18). The van der Waals surface area contributed by atoms with Crippen molar-refractivity contribution < 1.29 is 24.2 Å². The van der Waals surface area contributed by atoms with Gasteiger partial charge in [0.25, 0.3) is 0 Å². The van der Waals surface area contributed by atoms with E-state index in [1.54, 1.807) is 7.11 Å². The SMILES string of the molecule is COc1cccc2[se]c(C(=O)CC(C)C(=O)O)c(OC)c12. The third-order valence-electron chi connectivity index (χ3n) is 3.22. The number of hydrogen-bond acceptors (Lipinski definition) is 4. The Morgan fingerprint density at radius 2 is 2.00 bits per heavy atom. The fourth-order valence-electron chi connectivity index (χ4n) is 2.10. The summed E-state index contributed by atoms with van der Waals surface area (Å²) >= 11 is -0.190. The molecule has 0 bridgehead atoms. The maximum atomic E-state index is 12.4. The molecule has 0 spiro atoms. The summed E-state index contributed by atoms with van der Waals surface area (Å²) in [6.07, 6.45) is -0.0183. The molecule has 0 aliphatic heterocycles. The fourth-order valence-corrected chi connectivity index (χ4v) is 4.48. The Balaban J connectivity index is 2.49. The molecule has 6 heteroatoms. The molecule has 5 nitrogen and oxygen atoms in total. The normalized spacial score (nSPS) is 12.1. The van der Waals surface area contributed by atoms with Crippen LogP contribution in [0.25, 0.3) is 9.65 Å². The fraction of sp³-hybridized carbons (Fsp3) is 0.333. The molecule has 1 N–H and O–H groups in total. The molecular formula is C15H16O5Se. The summed E-state index contributed by atoms with van der Waals surface area (Å²) in [5, 5.41) is 9.75. The van der Waals surface area contributed by atoms with Crippen molar-refractivity contribution in [1.82, 2.24) is 0 Å². The second-order valence-corrected chi connectivity index (χ2v) is 6.87. The molecule has 1 atom stereocenters. The summed E-state index contributed by atoms with van der Waals surface area (Å²) in [4.78, 5) is 23.3. The van der Waals surface area contributed by atoms with Gasteiger partial charge in [0, 0.05) is 0 Å². The summed E-state index contributed by atoms with van der Waals surface area (Å²) in [5.74, 6) is -0.654. The first-order valence-electron chi connectivity index (χ1n) is 6.39. The molecule has 0 radical (unpaired) electrons. The average molecular weight is 355 g/mol. The number of aliphatic carboxylic acids is 1. The molecule has 0 aliphatic carbocycles. The summed E-state index contributed by atoms with van der Waals surface area (Å²) < 4.78 is 12.3. The van der Waals surface area contributed by atoms with E-state index in [2.05, 4.69) is 0 Å². The monoisotopic (exact) mass is 356 g/mol. The molecule has 1 heterocycles. The molecule has 2 aromatic rings. The second-order valence-electron chi connectivity index (χ2n) is 4.66. The van der Waals surface area contributed by atoms with Gasteiger partial charge in [0.1, 0.15) is 0 Å². The van der Waals surface area contributed by atoms with E-state index in [9.17, 15) is 9.59 Å². The molecule has 1 aromatic carbocycles. The summed E-state index contributed by atoms with van der Waals surface area (Å²) in [5.41, 5.74) is 0. The molecule has 0 saturated heterocycles. The molecule has 0 fully saturated rings. The first-order chi connectivity index (χ1) is 9.99. The Bertz CT molecular complexity index is 689. The predicted molar refractivity (Wildman–Crippen MR) is 79.7 cm³/mol. The molecule has 21 heavy (non-hydrogen) atoms. The number of hydrogen-bond donors (Lipinski definition) is 1. The molecule has 1 unspecified atom stereocenters. The van der Waals surface area contributed by atoms with Crippen molar-refractivity contribution in [2.45, 2.75) is 13.3 Å². The molecule has 0 aliphatic rings. The molecule has 112 valence electrons. The zero-order valence-electron chi connectivity index (χ0n) is 12.0. The number of carboxylic acid groups (broad SMARTS) is 1. The van der Waals surface area contributed by atoms with Gasteiger partial charge in [-0.2, -0.15) is 0 Å². The minimum absolute atomic E-state index is 0.0183. The number of carboxylic acids is 1. The van der Waals surface area contributed by atoms with E-state index >= 15 is 0 Å². The second kappa shape index (κ2) is 6.33. The van der Waals surface area contributed by atoms with Crippen LogP contribution in [-0.4, -0.2) is 45.6 Å². The molecule has 1 aromatic heterocycles. The van der Waals surface area contributed by atoms with E-state index in [4.69, 9.17) is 14.6 Å². The van der Waals surface area contributed by atoms with Crippen LogP contribution >= 0.6 is 0 Å². The first-order valence-corrected chi connectivity index (χ1v) is 8.10. The Hall–Kier alpha value is -1.78. The number of carbonyl (C=O) groups excluding carboxylic acids is 1. The van der Waals surface area contributed by atoms with Gasteiger partial charge in [-0.25, -0.2) is 0 Å². The number of fused-ring (bicyclic) bond motifs is 1. The van der Waals surface area contributed by atoms with E-state index in [1.165, 1.54) is 14.0 Å². The van der Waals surface area contributed by atoms with Crippen LogP contribution in [-0.2, 0) is 4.79 Å². The number of ether oxygens (including phenoxy) is 2. The summed E-state index contributed by atoms with van der Waals surface area (Å²) in [6, 6.07) is 5.64. The first kappa shape index (κ1) is 15.6. The molecule has 0 saturated carbocycles. The Morgan fingerprint density at radius 3 is 2.57 bits per heavy atom. The molecule has 0 amide bonds. The van der Waals surface area contributed by atoms with Gasteiger partial charge in [-0.3, -0.25) is 0 Å². The predicted octanol–water partition coefficient (Wildman–Crippen LogP) is 2.21. The summed E-state index contributed by atoms with van der Waals surface area (Å²) in [6.45, 7) is 1.53. The zero-order chi connectivity index (χ0) is 15.6. The van der Waals surface area contributed by atoms with Crippen LogP contribution in [0, 0.1) is 5.92 Å². The zero-order valence-corrected chi connectivity index (χ0v) is 13.7. The van der Waals surface area contributed by atoms with E-state index in [-0.39, 0.29) is 26.7 Å². The Morgan fingerprint density at radius 1 is 1.29 bits per heavy atom.